The Morgan fingerprint density at radius 2 is 1.93 bits per heavy atom. The summed E-state index contributed by atoms with van der Waals surface area (Å²) in [5.74, 6) is 0. The minimum atomic E-state index is 1.01. The summed E-state index contributed by atoms with van der Waals surface area (Å²) < 4.78 is 0. The number of rotatable bonds is 1. The van der Waals surface area contributed by atoms with Gasteiger partial charge in [0.2, 0.25) is 0 Å². The maximum absolute atomic E-state index is 3.41. The van der Waals surface area contributed by atoms with E-state index in [2.05, 4.69) is 47.8 Å². The van der Waals surface area contributed by atoms with Gasteiger partial charge in [-0.2, -0.15) is 0 Å². The summed E-state index contributed by atoms with van der Waals surface area (Å²) in [4.78, 5) is 0. The first kappa shape index (κ1) is 8.54. The molecule has 0 spiro atoms. The van der Waals surface area contributed by atoms with Crippen molar-refractivity contribution in [1.29, 1.82) is 0 Å². The lowest BCUT2D eigenvalue weighted by molar-refractivity contribution is 1.25. The Labute approximate surface area is 89.8 Å². The highest BCUT2D eigenvalue weighted by molar-refractivity contribution is 5.78. The number of nitrogens with one attached hydrogen (secondary N) is 1. The second-order valence-electron chi connectivity index (χ2n) is 3.85. The van der Waals surface area contributed by atoms with Crippen LogP contribution < -0.4 is 5.32 Å². The van der Waals surface area contributed by atoms with E-state index in [1.54, 1.807) is 0 Å². The molecule has 2 aromatic carbocycles. The van der Waals surface area contributed by atoms with E-state index in [0.29, 0.717) is 0 Å². The van der Waals surface area contributed by atoms with Gasteiger partial charge in [-0.1, -0.05) is 30.3 Å². The van der Waals surface area contributed by atoms with E-state index in [1.807, 2.05) is 7.05 Å². The van der Waals surface area contributed by atoms with E-state index in [-0.39, 0.29) is 0 Å². The Morgan fingerprint density at radius 3 is 2.80 bits per heavy atom. The zero-order valence-electron chi connectivity index (χ0n) is 8.67. The van der Waals surface area contributed by atoms with Crippen molar-refractivity contribution in [2.75, 3.05) is 12.4 Å². The Kier molecular flexibility index (Phi) is 1.78. The van der Waals surface area contributed by atoms with Gasteiger partial charge in [0.05, 0.1) is 0 Å². The predicted molar refractivity (Wildman–Crippen MR) is 63.1 cm³/mol. The molecule has 0 saturated heterocycles. The fourth-order valence-corrected chi connectivity index (χ4v) is 2.20. The van der Waals surface area contributed by atoms with Crippen LogP contribution in [0.2, 0.25) is 0 Å². The Hall–Kier alpha value is -1.76. The fraction of sp³-hybridized carbons (Fsp3) is 0.143. The smallest absolute Gasteiger partial charge is 0.0421 e. The van der Waals surface area contributed by atoms with Crippen LogP contribution in [0.3, 0.4) is 0 Å². The highest BCUT2D eigenvalue weighted by Gasteiger charge is 2.17. The van der Waals surface area contributed by atoms with Crippen LogP contribution in [0.5, 0.6) is 0 Å². The summed E-state index contributed by atoms with van der Waals surface area (Å²) in [6.07, 6.45) is 1.01. The van der Waals surface area contributed by atoms with Gasteiger partial charge in [0.15, 0.2) is 0 Å². The maximum atomic E-state index is 3.41. The predicted octanol–water partition coefficient (Wildman–Crippen LogP) is 3.10. The molecule has 73 valence electrons. The average molecular weight is 194 g/mol. The van der Waals surface area contributed by atoms with Crippen LogP contribution in [0.25, 0.3) is 11.1 Å². The van der Waals surface area contributed by atoms with Crippen LogP contribution in [0, 0.1) is 6.07 Å². The Bertz CT molecular complexity index is 514. The molecule has 1 aliphatic carbocycles. The molecule has 0 aromatic heterocycles. The molecule has 0 unspecified atom stereocenters. The van der Waals surface area contributed by atoms with Crippen LogP contribution in [0.4, 0.5) is 5.69 Å². The van der Waals surface area contributed by atoms with Crippen LogP contribution in [-0.4, -0.2) is 7.05 Å². The molecule has 1 aliphatic rings. The molecule has 1 nitrogen and oxygen atoms in total. The molecular weight excluding hydrogens is 182 g/mol. The van der Waals surface area contributed by atoms with Crippen molar-refractivity contribution in [3.63, 3.8) is 0 Å². The van der Waals surface area contributed by atoms with Crippen molar-refractivity contribution in [3.05, 3.63) is 53.6 Å². The summed E-state index contributed by atoms with van der Waals surface area (Å²) >= 11 is 0. The first-order valence-corrected chi connectivity index (χ1v) is 5.20. The first-order chi connectivity index (χ1) is 7.38. The molecule has 0 bridgehead atoms. The second-order valence-corrected chi connectivity index (χ2v) is 3.85. The van der Waals surface area contributed by atoms with Crippen molar-refractivity contribution in [2.24, 2.45) is 0 Å². The van der Waals surface area contributed by atoms with Gasteiger partial charge >= 0.3 is 0 Å². The van der Waals surface area contributed by atoms with E-state index in [0.717, 1.165) is 12.1 Å². The van der Waals surface area contributed by atoms with Crippen LogP contribution >= 0.6 is 0 Å². The molecule has 3 rings (SSSR count). The van der Waals surface area contributed by atoms with Gasteiger partial charge in [0, 0.05) is 18.8 Å². The third-order valence-electron chi connectivity index (χ3n) is 2.97. The molecule has 0 heterocycles. The molecule has 1 N–H and O–H groups in total. The van der Waals surface area contributed by atoms with Crippen molar-refractivity contribution < 1.29 is 0 Å². The third kappa shape index (κ3) is 1.23. The molecule has 1 radical (unpaired) electrons. The average Bonchev–Trinajstić information content (AvgIpc) is 2.66. The molecule has 0 fully saturated rings. The number of anilines is 1. The van der Waals surface area contributed by atoms with E-state index >= 15 is 0 Å². The first-order valence-electron chi connectivity index (χ1n) is 5.20. The number of hydrogen-bond acceptors (Lipinski definition) is 1. The van der Waals surface area contributed by atoms with E-state index in [4.69, 9.17) is 0 Å². The number of hydrogen-bond donors (Lipinski definition) is 1. The van der Waals surface area contributed by atoms with Gasteiger partial charge in [0.25, 0.3) is 0 Å². The number of fused-ring (bicyclic) bond motifs is 3. The summed E-state index contributed by atoms with van der Waals surface area (Å²) in [6, 6.07) is 16.3. The van der Waals surface area contributed by atoms with E-state index < -0.39 is 0 Å². The summed E-state index contributed by atoms with van der Waals surface area (Å²) in [5, 5.41) is 3.13. The Balaban J connectivity index is 2.18. The molecule has 0 atom stereocenters. The highest BCUT2D eigenvalue weighted by Crippen LogP contribution is 2.36. The summed E-state index contributed by atoms with van der Waals surface area (Å²) in [7, 11) is 1.93. The largest absolute Gasteiger partial charge is 0.388 e. The van der Waals surface area contributed by atoms with Crippen LogP contribution in [0.1, 0.15) is 11.1 Å². The zero-order valence-corrected chi connectivity index (χ0v) is 8.67. The Morgan fingerprint density at radius 1 is 1.07 bits per heavy atom. The van der Waals surface area contributed by atoms with Gasteiger partial charge in [-0.05, 0) is 34.7 Å². The highest BCUT2D eigenvalue weighted by atomic mass is 14.8. The minimum absolute atomic E-state index is 1.01. The van der Waals surface area contributed by atoms with E-state index in [1.165, 1.54) is 22.3 Å². The van der Waals surface area contributed by atoms with Crippen molar-refractivity contribution in [2.45, 2.75) is 6.42 Å². The van der Waals surface area contributed by atoms with Crippen molar-refractivity contribution >= 4 is 5.69 Å². The van der Waals surface area contributed by atoms with Gasteiger partial charge in [0.1, 0.15) is 0 Å². The molecule has 0 saturated carbocycles. The third-order valence-corrected chi connectivity index (χ3v) is 2.97. The van der Waals surface area contributed by atoms with Gasteiger partial charge < -0.3 is 5.32 Å². The summed E-state index contributed by atoms with van der Waals surface area (Å²) in [6.45, 7) is 0. The molecule has 0 amide bonds. The van der Waals surface area contributed by atoms with E-state index in [9.17, 15) is 0 Å². The molecular formula is C14H12N. The lowest BCUT2D eigenvalue weighted by Gasteiger charge is -2.03. The van der Waals surface area contributed by atoms with Gasteiger partial charge in [-0.3, -0.25) is 0 Å². The minimum Gasteiger partial charge on any atom is -0.388 e. The maximum Gasteiger partial charge on any atom is 0.0421 e. The second kappa shape index (κ2) is 3.13. The van der Waals surface area contributed by atoms with Crippen LogP contribution in [0.15, 0.2) is 36.4 Å². The number of benzene rings is 2. The quantitative estimate of drug-likeness (QED) is 0.627. The topological polar surface area (TPSA) is 12.0 Å². The molecule has 2 aromatic rings. The SMILES string of the molecule is CNc1[c]c2c(cc1)-c1ccccc1C2. The lowest BCUT2D eigenvalue weighted by atomic mass is 10.1. The molecule has 0 aliphatic heterocycles. The standard InChI is InChI=1S/C14H12N/c1-15-12-6-7-14-11(9-12)8-10-4-2-3-5-13(10)14/h2-7,15H,8H2,1H3. The van der Waals surface area contributed by atoms with Crippen molar-refractivity contribution in [3.8, 4) is 11.1 Å². The zero-order chi connectivity index (χ0) is 10.3. The molecule has 1 heteroatoms. The summed E-state index contributed by atoms with van der Waals surface area (Å²) in [5.41, 5.74) is 6.50. The fourth-order valence-electron chi connectivity index (χ4n) is 2.20. The van der Waals surface area contributed by atoms with Crippen molar-refractivity contribution in [1.82, 2.24) is 0 Å². The monoisotopic (exact) mass is 194 g/mol. The van der Waals surface area contributed by atoms with Gasteiger partial charge in [-0.25, -0.2) is 0 Å². The normalized spacial score (nSPS) is 12.1. The van der Waals surface area contributed by atoms with Gasteiger partial charge in [-0.15, -0.1) is 0 Å². The lowest BCUT2D eigenvalue weighted by Crippen LogP contribution is -1.89. The van der Waals surface area contributed by atoms with Crippen LogP contribution in [-0.2, 0) is 6.42 Å². The molecule has 15 heavy (non-hydrogen) atoms.